The predicted octanol–water partition coefficient (Wildman–Crippen LogP) is 1.86. The van der Waals surface area contributed by atoms with Crippen LogP contribution in [0.2, 0.25) is 0 Å². The lowest BCUT2D eigenvalue weighted by Gasteiger charge is -2.18. The fourth-order valence-electron chi connectivity index (χ4n) is 1.78. The number of benzene rings is 2. The van der Waals surface area contributed by atoms with Gasteiger partial charge in [-0.15, -0.1) is 0 Å². The van der Waals surface area contributed by atoms with E-state index in [1.807, 2.05) is 0 Å². The maximum absolute atomic E-state index is 10.0. The third kappa shape index (κ3) is 2.61. The molecule has 2 aromatic carbocycles. The van der Waals surface area contributed by atoms with Gasteiger partial charge in [-0.05, 0) is 35.4 Å². The summed E-state index contributed by atoms with van der Waals surface area (Å²) < 4.78 is 0. The molecule has 0 amide bonds. The van der Waals surface area contributed by atoms with Crippen molar-refractivity contribution in [3.05, 3.63) is 59.7 Å². The van der Waals surface area contributed by atoms with Crippen LogP contribution < -0.4 is 0 Å². The molecule has 0 bridgehead atoms. The lowest BCUT2D eigenvalue weighted by molar-refractivity contribution is 0.0170. The molecular weight excluding hydrogens is 232 g/mol. The summed E-state index contributed by atoms with van der Waals surface area (Å²) in [5, 5.41) is 38.7. The van der Waals surface area contributed by atoms with Crippen molar-refractivity contribution < 1.29 is 20.4 Å². The van der Waals surface area contributed by atoms with Gasteiger partial charge in [-0.2, -0.15) is 0 Å². The van der Waals surface area contributed by atoms with Gasteiger partial charge in [0.05, 0.1) is 0 Å². The van der Waals surface area contributed by atoms with Crippen molar-refractivity contribution in [2.24, 2.45) is 0 Å². The number of rotatable bonds is 3. The number of phenolic OH excluding ortho intramolecular Hbond substituents is 2. The van der Waals surface area contributed by atoms with E-state index in [0.717, 1.165) is 0 Å². The smallest absolute Gasteiger partial charge is 0.115 e. The Hall–Kier alpha value is -2.04. The van der Waals surface area contributed by atoms with Crippen LogP contribution in [0.15, 0.2) is 48.5 Å². The van der Waals surface area contributed by atoms with Gasteiger partial charge in [0.1, 0.15) is 23.7 Å². The molecule has 4 nitrogen and oxygen atoms in total. The number of hydrogen-bond acceptors (Lipinski definition) is 4. The van der Waals surface area contributed by atoms with Gasteiger partial charge < -0.3 is 20.4 Å². The second-order valence-electron chi connectivity index (χ2n) is 4.08. The first-order chi connectivity index (χ1) is 8.58. The summed E-state index contributed by atoms with van der Waals surface area (Å²) >= 11 is 0. The van der Waals surface area contributed by atoms with Crippen molar-refractivity contribution in [1.29, 1.82) is 0 Å². The van der Waals surface area contributed by atoms with E-state index in [0.29, 0.717) is 11.1 Å². The highest BCUT2D eigenvalue weighted by Gasteiger charge is 2.20. The number of aliphatic hydroxyl groups excluding tert-OH is 2. The maximum atomic E-state index is 10.0. The van der Waals surface area contributed by atoms with Gasteiger partial charge in [0.25, 0.3) is 0 Å². The van der Waals surface area contributed by atoms with Crippen LogP contribution in [0, 0.1) is 0 Å². The molecule has 4 N–H and O–H groups in total. The van der Waals surface area contributed by atoms with Gasteiger partial charge in [0.2, 0.25) is 0 Å². The second kappa shape index (κ2) is 5.08. The first-order valence-corrected chi connectivity index (χ1v) is 5.52. The lowest BCUT2D eigenvalue weighted by atomic mass is 9.98. The first kappa shape index (κ1) is 12.4. The molecule has 0 saturated carbocycles. The Balaban J connectivity index is 2.26. The van der Waals surface area contributed by atoms with E-state index in [4.69, 9.17) is 0 Å². The van der Waals surface area contributed by atoms with E-state index >= 15 is 0 Å². The normalized spacial score (nSPS) is 14.1. The quantitative estimate of drug-likeness (QED) is 0.666. The van der Waals surface area contributed by atoms with Crippen LogP contribution in [0.3, 0.4) is 0 Å². The molecule has 0 spiro atoms. The molecule has 94 valence electrons. The zero-order valence-electron chi connectivity index (χ0n) is 9.56. The Morgan fingerprint density at radius 3 is 1.39 bits per heavy atom. The van der Waals surface area contributed by atoms with Gasteiger partial charge in [0.15, 0.2) is 0 Å². The number of aliphatic hydroxyl groups is 2. The van der Waals surface area contributed by atoms with Crippen molar-refractivity contribution in [3.63, 3.8) is 0 Å². The molecule has 0 aliphatic carbocycles. The summed E-state index contributed by atoms with van der Waals surface area (Å²) in [5.41, 5.74) is 0.816. The van der Waals surface area contributed by atoms with Crippen LogP contribution in [-0.2, 0) is 0 Å². The van der Waals surface area contributed by atoms with Crippen molar-refractivity contribution in [1.82, 2.24) is 0 Å². The SMILES string of the molecule is Oc1cccc(C(O)C(O)c2cccc(O)c2)c1. The predicted molar refractivity (Wildman–Crippen MR) is 66.1 cm³/mol. The molecule has 0 radical (unpaired) electrons. The first-order valence-electron chi connectivity index (χ1n) is 5.52. The molecule has 4 heteroatoms. The minimum absolute atomic E-state index is 0.0228. The Morgan fingerprint density at radius 2 is 1.06 bits per heavy atom. The van der Waals surface area contributed by atoms with Crippen LogP contribution in [0.1, 0.15) is 23.3 Å². The zero-order chi connectivity index (χ0) is 13.1. The molecule has 0 fully saturated rings. The van der Waals surface area contributed by atoms with Crippen LogP contribution in [0.5, 0.6) is 11.5 Å². The van der Waals surface area contributed by atoms with Crippen LogP contribution in [0.4, 0.5) is 0 Å². The molecule has 2 atom stereocenters. The van der Waals surface area contributed by atoms with Gasteiger partial charge >= 0.3 is 0 Å². The van der Waals surface area contributed by atoms with Gasteiger partial charge in [0, 0.05) is 0 Å². The van der Waals surface area contributed by atoms with E-state index < -0.39 is 12.2 Å². The van der Waals surface area contributed by atoms with Crippen LogP contribution in [0.25, 0.3) is 0 Å². The fourth-order valence-corrected chi connectivity index (χ4v) is 1.78. The summed E-state index contributed by atoms with van der Waals surface area (Å²) in [4.78, 5) is 0. The molecule has 0 aromatic heterocycles. The molecule has 0 saturated heterocycles. The van der Waals surface area contributed by atoms with Crippen molar-refractivity contribution >= 4 is 0 Å². The third-order valence-corrected chi connectivity index (χ3v) is 2.72. The molecule has 2 rings (SSSR count). The van der Waals surface area contributed by atoms with Crippen molar-refractivity contribution in [2.45, 2.75) is 12.2 Å². The van der Waals surface area contributed by atoms with E-state index in [1.165, 1.54) is 24.3 Å². The van der Waals surface area contributed by atoms with E-state index in [9.17, 15) is 20.4 Å². The number of aromatic hydroxyl groups is 2. The van der Waals surface area contributed by atoms with Crippen molar-refractivity contribution in [3.8, 4) is 11.5 Å². The Bertz CT molecular complexity index is 489. The third-order valence-electron chi connectivity index (χ3n) is 2.72. The Kier molecular flexibility index (Phi) is 3.50. The number of phenols is 2. The van der Waals surface area contributed by atoms with E-state index in [-0.39, 0.29) is 11.5 Å². The Morgan fingerprint density at radius 1 is 0.667 bits per heavy atom. The van der Waals surface area contributed by atoms with Crippen molar-refractivity contribution in [2.75, 3.05) is 0 Å². The highest BCUT2D eigenvalue weighted by molar-refractivity contribution is 5.33. The largest absolute Gasteiger partial charge is 0.508 e. The summed E-state index contributed by atoms with van der Waals surface area (Å²) in [7, 11) is 0. The average Bonchev–Trinajstić information content (AvgIpc) is 2.37. The monoisotopic (exact) mass is 246 g/mol. The van der Waals surface area contributed by atoms with Gasteiger partial charge in [-0.25, -0.2) is 0 Å². The average molecular weight is 246 g/mol. The highest BCUT2D eigenvalue weighted by atomic mass is 16.3. The summed E-state index contributed by atoms with van der Waals surface area (Å²) in [6.07, 6.45) is -2.34. The minimum atomic E-state index is -1.17. The zero-order valence-corrected chi connectivity index (χ0v) is 9.56. The fraction of sp³-hybridized carbons (Fsp3) is 0.143. The van der Waals surface area contributed by atoms with Gasteiger partial charge in [-0.3, -0.25) is 0 Å². The number of hydrogen-bond donors (Lipinski definition) is 4. The molecular formula is C14H14O4. The summed E-state index contributed by atoms with van der Waals surface area (Å²) in [5.74, 6) is 0.0457. The molecule has 2 unspecified atom stereocenters. The van der Waals surface area contributed by atoms with E-state index in [2.05, 4.69) is 0 Å². The molecule has 0 aliphatic heterocycles. The Labute approximate surface area is 104 Å². The van der Waals surface area contributed by atoms with Crippen LogP contribution in [-0.4, -0.2) is 20.4 Å². The van der Waals surface area contributed by atoms with Gasteiger partial charge in [-0.1, -0.05) is 24.3 Å². The maximum Gasteiger partial charge on any atom is 0.115 e. The topological polar surface area (TPSA) is 80.9 Å². The van der Waals surface area contributed by atoms with E-state index in [1.54, 1.807) is 24.3 Å². The van der Waals surface area contributed by atoms with Crippen LogP contribution >= 0.6 is 0 Å². The molecule has 0 aliphatic rings. The minimum Gasteiger partial charge on any atom is -0.508 e. The lowest BCUT2D eigenvalue weighted by Crippen LogP contribution is -2.10. The second-order valence-corrected chi connectivity index (χ2v) is 4.08. The molecule has 0 heterocycles. The molecule has 18 heavy (non-hydrogen) atoms. The standard InChI is InChI=1S/C14H14O4/c15-11-5-1-3-9(7-11)13(17)14(18)10-4-2-6-12(16)8-10/h1-8,13-18H. The summed E-state index contributed by atoms with van der Waals surface area (Å²) in [6, 6.07) is 12.1. The highest BCUT2D eigenvalue weighted by Crippen LogP contribution is 2.31. The molecule has 2 aromatic rings. The summed E-state index contributed by atoms with van der Waals surface area (Å²) in [6.45, 7) is 0.